The molecule has 4 rings (SSSR count). The molecular weight excluding hydrogens is 328 g/mol. The first-order valence-electron chi connectivity index (χ1n) is 9.35. The van der Waals surface area contributed by atoms with Gasteiger partial charge in [-0.25, -0.2) is 0 Å². The van der Waals surface area contributed by atoms with Crippen LogP contribution in [0.3, 0.4) is 0 Å². The predicted octanol–water partition coefficient (Wildman–Crippen LogP) is 2.03. The number of hydrogen-bond acceptors (Lipinski definition) is 5. The van der Waals surface area contributed by atoms with Crippen LogP contribution in [0.25, 0.3) is 11.3 Å². The van der Waals surface area contributed by atoms with Crippen LogP contribution >= 0.6 is 0 Å². The number of aromatic nitrogens is 1. The van der Waals surface area contributed by atoms with E-state index in [9.17, 15) is 4.79 Å². The van der Waals surface area contributed by atoms with Gasteiger partial charge in [0, 0.05) is 25.2 Å². The Hall–Kier alpha value is -2.18. The molecule has 2 aromatic rings. The fourth-order valence-electron chi connectivity index (χ4n) is 4.14. The van der Waals surface area contributed by atoms with Crippen molar-refractivity contribution in [3.63, 3.8) is 0 Å². The maximum Gasteiger partial charge on any atom is 0.239 e. The molecular formula is C20H26N4O2. The summed E-state index contributed by atoms with van der Waals surface area (Å²) in [6, 6.07) is 11.7. The number of nitrogens with zero attached hydrogens (tertiary/aromatic N) is 2. The molecule has 2 N–H and O–H groups in total. The van der Waals surface area contributed by atoms with E-state index in [1.807, 2.05) is 43.4 Å². The Morgan fingerprint density at radius 2 is 2.08 bits per heavy atom. The summed E-state index contributed by atoms with van der Waals surface area (Å²) in [4.78, 5) is 14.6. The van der Waals surface area contributed by atoms with Gasteiger partial charge in [-0.3, -0.25) is 4.79 Å². The van der Waals surface area contributed by atoms with E-state index >= 15 is 0 Å². The van der Waals surface area contributed by atoms with E-state index < -0.39 is 0 Å². The van der Waals surface area contributed by atoms with E-state index in [2.05, 4.69) is 15.8 Å². The summed E-state index contributed by atoms with van der Waals surface area (Å²) < 4.78 is 5.44. The Morgan fingerprint density at radius 1 is 1.31 bits per heavy atom. The van der Waals surface area contributed by atoms with Crippen molar-refractivity contribution in [2.75, 3.05) is 26.7 Å². The van der Waals surface area contributed by atoms with Crippen molar-refractivity contribution in [1.29, 1.82) is 0 Å². The summed E-state index contributed by atoms with van der Waals surface area (Å²) in [5.41, 5.74) is 2.06. The highest BCUT2D eigenvalue weighted by Gasteiger charge is 2.42. The zero-order chi connectivity index (χ0) is 18.0. The van der Waals surface area contributed by atoms with E-state index in [-0.39, 0.29) is 11.9 Å². The maximum absolute atomic E-state index is 12.8. The third-order valence-corrected chi connectivity index (χ3v) is 5.72. The van der Waals surface area contributed by atoms with E-state index in [4.69, 9.17) is 4.52 Å². The largest absolute Gasteiger partial charge is 0.356 e. The first-order chi connectivity index (χ1) is 12.7. The van der Waals surface area contributed by atoms with Gasteiger partial charge < -0.3 is 20.1 Å². The van der Waals surface area contributed by atoms with Crippen LogP contribution in [0.4, 0.5) is 0 Å². The normalized spacial score (nSPS) is 21.8. The summed E-state index contributed by atoms with van der Waals surface area (Å²) in [5, 5.41) is 11.0. The van der Waals surface area contributed by atoms with E-state index in [1.165, 1.54) is 0 Å². The number of amides is 1. The second-order valence-electron chi connectivity index (χ2n) is 7.63. The second kappa shape index (κ2) is 7.21. The highest BCUT2D eigenvalue weighted by Crippen LogP contribution is 2.37. The van der Waals surface area contributed by atoms with Crippen LogP contribution in [0.2, 0.25) is 0 Å². The average molecular weight is 354 g/mol. The summed E-state index contributed by atoms with van der Waals surface area (Å²) in [6.07, 6.45) is 3.24. The summed E-state index contributed by atoms with van der Waals surface area (Å²) in [5.74, 6) is 0.874. The number of rotatable bonds is 4. The highest BCUT2D eigenvalue weighted by molar-refractivity contribution is 5.82. The van der Waals surface area contributed by atoms with Gasteiger partial charge in [0.2, 0.25) is 5.91 Å². The van der Waals surface area contributed by atoms with Crippen molar-refractivity contribution in [3.8, 4) is 11.3 Å². The molecule has 138 valence electrons. The molecule has 3 heterocycles. The summed E-state index contributed by atoms with van der Waals surface area (Å²) in [6.45, 7) is 3.52. The number of carbonyl (C=O) groups excluding carboxylic acids is 1. The summed E-state index contributed by atoms with van der Waals surface area (Å²) in [7, 11) is 1.84. The van der Waals surface area contributed by atoms with Gasteiger partial charge in [-0.05, 0) is 37.8 Å². The van der Waals surface area contributed by atoms with Gasteiger partial charge in [0.05, 0.1) is 12.6 Å². The van der Waals surface area contributed by atoms with Crippen LogP contribution in [0.1, 0.15) is 25.0 Å². The van der Waals surface area contributed by atoms with Crippen molar-refractivity contribution in [2.45, 2.75) is 31.8 Å². The lowest BCUT2D eigenvalue weighted by atomic mass is 9.77. The molecule has 1 aromatic carbocycles. The molecule has 1 unspecified atom stereocenters. The topological polar surface area (TPSA) is 70.4 Å². The molecule has 1 amide bonds. The van der Waals surface area contributed by atoms with Crippen molar-refractivity contribution in [3.05, 3.63) is 42.1 Å². The molecule has 2 saturated heterocycles. The number of benzene rings is 1. The fraction of sp³-hybridized carbons (Fsp3) is 0.500. The zero-order valence-corrected chi connectivity index (χ0v) is 15.2. The molecule has 6 heteroatoms. The Balaban J connectivity index is 1.37. The monoisotopic (exact) mass is 354 g/mol. The minimum Gasteiger partial charge on any atom is -0.356 e. The van der Waals surface area contributed by atoms with Crippen molar-refractivity contribution in [2.24, 2.45) is 5.41 Å². The minimum absolute atomic E-state index is 0.0846. The number of carbonyl (C=O) groups is 1. The Labute approximate surface area is 153 Å². The molecule has 2 fully saturated rings. The van der Waals surface area contributed by atoms with Gasteiger partial charge in [-0.2, -0.15) is 0 Å². The van der Waals surface area contributed by atoms with E-state index in [1.54, 1.807) is 4.90 Å². The first kappa shape index (κ1) is 17.2. The number of piperidine rings is 1. The fourth-order valence-corrected chi connectivity index (χ4v) is 4.14. The summed E-state index contributed by atoms with van der Waals surface area (Å²) >= 11 is 0. The third-order valence-electron chi connectivity index (χ3n) is 5.72. The molecule has 2 aliphatic rings. The molecule has 6 nitrogen and oxygen atoms in total. The molecule has 0 bridgehead atoms. The standard InChI is InChI=1S/C20H26N4O2/c1-24(13-16-11-18(26-23-16)15-5-3-2-4-6-15)19(25)17-12-20(14-22-17)7-9-21-10-8-20/h2-6,11,17,21-22H,7-10,12-14H2,1H3. The molecule has 1 atom stereocenters. The van der Waals surface area contributed by atoms with Gasteiger partial charge in [-0.15, -0.1) is 0 Å². The van der Waals surface area contributed by atoms with Crippen LogP contribution in [-0.2, 0) is 11.3 Å². The van der Waals surface area contributed by atoms with Gasteiger partial charge in [-0.1, -0.05) is 35.5 Å². The first-order valence-corrected chi connectivity index (χ1v) is 9.35. The molecule has 0 saturated carbocycles. The van der Waals surface area contributed by atoms with Gasteiger partial charge in [0.1, 0.15) is 5.69 Å². The van der Waals surface area contributed by atoms with Gasteiger partial charge >= 0.3 is 0 Å². The van der Waals surface area contributed by atoms with Crippen LogP contribution < -0.4 is 10.6 Å². The maximum atomic E-state index is 12.8. The third kappa shape index (κ3) is 3.52. The smallest absolute Gasteiger partial charge is 0.239 e. The molecule has 1 spiro atoms. The minimum atomic E-state index is -0.0846. The van der Waals surface area contributed by atoms with E-state index in [0.29, 0.717) is 12.0 Å². The van der Waals surface area contributed by atoms with Crippen molar-refractivity contribution >= 4 is 5.91 Å². The van der Waals surface area contributed by atoms with Crippen LogP contribution in [0, 0.1) is 5.41 Å². The lowest BCUT2D eigenvalue weighted by molar-refractivity contribution is -0.132. The quantitative estimate of drug-likeness (QED) is 0.879. The number of nitrogens with one attached hydrogen (secondary N) is 2. The molecule has 26 heavy (non-hydrogen) atoms. The molecule has 2 aliphatic heterocycles. The molecule has 1 aromatic heterocycles. The van der Waals surface area contributed by atoms with Gasteiger partial charge in [0.15, 0.2) is 5.76 Å². The lowest BCUT2D eigenvalue weighted by Gasteiger charge is -2.33. The van der Waals surface area contributed by atoms with Crippen molar-refractivity contribution in [1.82, 2.24) is 20.7 Å². The Kier molecular flexibility index (Phi) is 4.78. The van der Waals surface area contributed by atoms with Crippen LogP contribution in [0.5, 0.6) is 0 Å². The van der Waals surface area contributed by atoms with Gasteiger partial charge in [0.25, 0.3) is 0 Å². The van der Waals surface area contributed by atoms with Crippen molar-refractivity contribution < 1.29 is 9.32 Å². The SMILES string of the molecule is CN(Cc1cc(-c2ccccc2)on1)C(=O)C1CC2(CCNCC2)CN1. The average Bonchev–Trinajstić information content (AvgIpc) is 3.30. The van der Waals surface area contributed by atoms with E-state index in [0.717, 1.165) is 55.9 Å². The highest BCUT2D eigenvalue weighted by atomic mass is 16.5. The predicted molar refractivity (Wildman–Crippen MR) is 99.4 cm³/mol. The molecule has 0 radical (unpaired) electrons. The second-order valence-corrected chi connectivity index (χ2v) is 7.63. The number of likely N-dealkylation sites (N-methyl/N-ethyl adjacent to an activating group) is 1. The lowest BCUT2D eigenvalue weighted by Crippen LogP contribution is -2.41. The Bertz CT molecular complexity index is 752. The van der Waals surface area contributed by atoms with Crippen LogP contribution in [-0.4, -0.2) is 48.7 Å². The molecule has 0 aliphatic carbocycles. The Morgan fingerprint density at radius 3 is 2.85 bits per heavy atom. The number of hydrogen-bond donors (Lipinski definition) is 2. The zero-order valence-electron chi connectivity index (χ0n) is 15.2. The van der Waals surface area contributed by atoms with Crippen LogP contribution in [0.15, 0.2) is 40.9 Å².